The molecular weight excluding hydrogens is 317 g/mol. The average Bonchev–Trinajstić information content (AvgIpc) is 2.71. The zero-order valence-corrected chi connectivity index (χ0v) is 13.5. The molecule has 0 unspecified atom stereocenters. The molecule has 3 nitrogen and oxygen atoms in total. The second-order valence-electron chi connectivity index (χ2n) is 5.41. The van der Waals surface area contributed by atoms with Crippen molar-refractivity contribution in [3.63, 3.8) is 0 Å². The molecule has 0 spiro atoms. The van der Waals surface area contributed by atoms with Gasteiger partial charge in [-0.15, -0.1) is 11.3 Å². The number of aromatic nitrogens is 1. The van der Waals surface area contributed by atoms with E-state index in [1.54, 1.807) is 18.2 Å². The van der Waals surface area contributed by atoms with Gasteiger partial charge in [0.15, 0.2) is 0 Å². The van der Waals surface area contributed by atoms with Gasteiger partial charge in [0.25, 0.3) is 0 Å². The number of rotatable bonds is 2. The van der Waals surface area contributed by atoms with Crippen molar-refractivity contribution in [3.05, 3.63) is 38.8 Å². The van der Waals surface area contributed by atoms with E-state index in [4.69, 9.17) is 23.2 Å². The van der Waals surface area contributed by atoms with Gasteiger partial charge in [-0.3, -0.25) is 0 Å². The van der Waals surface area contributed by atoms with Crippen molar-refractivity contribution < 1.29 is 9.90 Å². The minimum absolute atomic E-state index is 0.253. The summed E-state index contributed by atoms with van der Waals surface area (Å²) in [5, 5.41) is 10.9. The summed E-state index contributed by atoms with van der Waals surface area (Å²) in [6, 6.07) is 5.08. The molecule has 106 valence electrons. The van der Waals surface area contributed by atoms with Gasteiger partial charge in [-0.2, -0.15) is 0 Å². The molecule has 0 bridgehead atoms. The molecular formula is C14H13Cl2NO2S. The van der Waals surface area contributed by atoms with Crippen LogP contribution in [0.5, 0.6) is 0 Å². The molecule has 0 amide bonds. The van der Waals surface area contributed by atoms with Crippen LogP contribution < -0.4 is 0 Å². The van der Waals surface area contributed by atoms with Crippen molar-refractivity contribution in [2.24, 2.45) is 0 Å². The van der Waals surface area contributed by atoms with E-state index in [-0.39, 0.29) is 10.3 Å². The highest BCUT2D eigenvalue weighted by molar-refractivity contribution is 7.17. The number of aromatic carboxylic acids is 1. The fourth-order valence-corrected chi connectivity index (χ4v) is 3.40. The second kappa shape index (κ2) is 5.35. The third-order valence-corrected chi connectivity index (χ3v) is 4.17. The van der Waals surface area contributed by atoms with Gasteiger partial charge in [-0.1, -0.05) is 44.0 Å². The Hall–Kier alpha value is -1.10. The Morgan fingerprint density at radius 2 is 1.75 bits per heavy atom. The van der Waals surface area contributed by atoms with Crippen LogP contribution in [0.3, 0.4) is 0 Å². The number of nitrogens with zero attached hydrogens (tertiary/aromatic N) is 1. The lowest BCUT2D eigenvalue weighted by molar-refractivity contribution is 0.0699. The summed E-state index contributed by atoms with van der Waals surface area (Å²) in [7, 11) is 0. The summed E-state index contributed by atoms with van der Waals surface area (Å²) in [5.41, 5.74) is 0.955. The first-order valence-electron chi connectivity index (χ1n) is 5.89. The van der Waals surface area contributed by atoms with Crippen molar-refractivity contribution in [2.45, 2.75) is 26.2 Å². The molecule has 2 aromatic rings. The number of halogens is 2. The molecule has 0 fully saturated rings. The smallest absolute Gasteiger partial charge is 0.347 e. The number of hydrogen-bond acceptors (Lipinski definition) is 3. The fourth-order valence-electron chi connectivity index (χ4n) is 1.77. The maximum absolute atomic E-state index is 11.4. The molecule has 0 aliphatic heterocycles. The maximum Gasteiger partial charge on any atom is 0.347 e. The molecule has 0 aliphatic carbocycles. The van der Waals surface area contributed by atoms with E-state index < -0.39 is 5.97 Å². The molecule has 2 rings (SSSR count). The molecule has 0 saturated carbocycles. The number of carboxylic acid groups (broad SMARTS) is 1. The van der Waals surface area contributed by atoms with Gasteiger partial charge in [-0.05, 0) is 18.2 Å². The molecule has 20 heavy (non-hydrogen) atoms. The van der Waals surface area contributed by atoms with Gasteiger partial charge < -0.3 is 5.11 Å². The predicted octanol–water partition coefficient (Wildman–Crippen LogP) is 5.11. The van der Waals surface area contributed by atoms with Crippen molar-refractivity contribution in [1.29, 1.82) is 0 Å². The molecule has 6 heteroatoms. The van der Waals surface area contributed by atoms with Gasteiger partial charge in [0.05, 0.1) is 5.69 Å². The summed E-state index contributed by atoms with van der Waals surface area (Å²) in [6.07, 6.45) is 0. The van der Waals surface area contributed by atoms with Crippen molar-refractivity contribution in [2.75, 3.05) is 0 Å². The van der Waals surface area contributed by atoms with Crippen molar-refractivity contribution in [3.8, 4) is 10.6 Å². The number of benzene rings is 1. The van der Waals surface area contributed by atoms with Gasteiger partial charge in [-0.25, -0.2) is 9.78 Å². The first-order valence-corrected chi connectivity index (χ1v) is 7.47. The van der Waals surface area contributed by atoms with Gasteiger partial charge in [0.1, 0.15) is 9.88 Å². The van der Waals surface area contributed by atoms with Crippen molar-refractivity contribution in [1.82, 2.24) is 4.98 Å². The Kier molecular flexibility index (Phi) is 4.09. The van der Waals surface area contributed by atoms with Gasteiger partial charge in [0.2, 0.25) is 0 Å². The summed E-state index contributed by atoms with van der Waals surface area (Å²) in [6.45, 7) is 5.80. The van der Waals surface area contributed by atoms with Crippen LogP contribution in [0.2, 0.25) is 10.0 Å². The fraction of sp³-hybridized carbons (Fsp3) is 0.286. The molecule has 0 aliphatic rings. The summed E-state index contributed by atoms with van der Waals surface area (Å²) in [4.78, 5) is 16.1. The third-order valence-electron chi connectivity index (χ3n) is 2.64. The number of hydrogen-bond donors (Lipinski definition) is 1. The van der Waals surface area contributed by atoms with E-state index in [0.29, 0.717) is 20.7 Å². The van der Waals surface area contributed by atoms with E-state index in [2.05, 4.69) is 4.98 Å². The van der Waals surface area contributed by atoms with Crippen molar-refractivity contribution >= 4 is 40.5 Å². The zero-order chi connectivity index (χ0) is 15.1. The highest BCUT2D eigenvalue weighted by Gasteiger charge is 2.27. The second-order valence-corrected chi connectivity index (χ2v) is 7.28. The Labute approximate surface area is 131 Å². The minimum Gasteiger partial charge on any atom is -0.477 e. The van der Waals surface area contributed by atoms with Crippen LogP contribution in [-0.4, -0.2) is 16.1 Å². The summed E-state index contributed by atoms with van der Waals surface area (Å²) >= 11 is 13.1. The van der Waals surface area contributed by atoms with E-state index in [1.807, 2.05) is 20.8 Å². The van der Waals surface area contributed by atoms with Gasteiger partial charge in [0, 0.05) is 21.0 Å². The number of carboxylic acids is 1. The number of thiazole rings is 1. The van der Waals surface area contributed by atoms with Crippen LogP contribution in [0.1, 0.15) is 36.1 Å². The molecule has 1 N–H and O–H groups in total. The van der Waals surface area contributed by atoms with E-state index in [1.165, 1.54) is 0 Å². The SMILES string of the molecule is CC(C)(C)c1nc(-c2cc(Cl)cc(Cl)c2)sc1C(=O)O. The largest absolute Gasteiger partial charge is 0.477 e. The third kappa shape index (κ3) is 3.14. The van der Waals surface area contributed by atoms with Crippen LogP contribution in [-0.2, 0) is 5.41 Å². The standard InChI is InChI=1S/C14H13Cl2NO2S/c1-14(2,3)11-10(13(18)19)20-12(17-11)7-4-8(15)6-9(16)5-7/h4-6H,1-3H3,(H,18,19). The monoisotopic (exact) mass is 329 g/mol. The maximum atomic E-state index is 11.4. The van der Waals surface area contributed by atoms with Crippen LogP contribution in [0, 0.1) is 0 Å². The Morgan fingerprint density at radius 3 is 2.15 bits per heavy atom. The minimum atomic E-state index is -0.966. The molecule has 0 atom stereocenters. The first-order chi connectivity index (χ1) is 9.18. The lowest BCUT2D eigenvalue weighted by atomic mass is 9.91. The van der Waals surface area contributed by atoms with E-state index in [9.17, 15) is 9.90 Å². The zero-order valence-electron chi connectivity index (χ0n) is 11.2. The molecule has 1 aromatic carbocycles. The lowest BCUT2D eigenvalue weighted by Gasteiger charge is -2.16. The van der Waals surface area contributed by atoms with E-state index in [0.717, 1.165) is 16.9 Å². The highest BCUT2D eigenvalue weighted by Crippen LogP contribution is 2.36. The van der Waals surface area contributed by atoms with Crippen LogP contribution in [0.4, 0.5) is 0 Å². The summed E-state index contributed by atoms with van der Waals surface area (Å²) < 4.78 is 0. The molecule has 1 aromatic heterocycles. The van der Waals surface area contributed by atoms with Crippen LogP contribution >= 0.6 is 34.5 Å². The van der Waals surface area contributed by atoms with E-state index >= 15 is 0 Å². The Balaban J connectivity index is 2.62. The Bertz CT molecular complexity index is 654. The molecule has 0 saturated heterocycles. The van der Waals surface area contributed by atoms with Crippen LogP contribution in [0.25, 0.3) is 10.6 Å². The summed E-state index contributed by atoms with van der Waals surface area (Å²) in [5.74, 6) is -0.966. The van der Waals surface area contributed by atoms with Gasteiger partial charge >= 0.3 is 5.97 Å². The quantitative estimate of drug-likeness (QED) is 0.832. The predicted molar refractivity (Wildman–Crippen MR) is 83.2 cm³/mol. The Morgan fingerprint density at radius 1 is 1.20 bits per heavy atom. The molecule has 1 heterocycles. The topological polar surface area (TPSA) is 50.2 Å². The van der Waals surface area contributed by atoms with Crippen LogP contribution in [0.15, 0.2) is 18.2 Å². The molecule has 0 radical (unpaired) electrons. The number of carbonyl (C=O) groups is 1. The lowest BCUT2D eigenvalue weighted by Crippen LogP contribution is -2.16. The normalized spacial score (nSPS) is 11.7. The average molecular weight is 330 g/mol. The highest BCUT2D eigenvalue weighted by atomic mass is 35.5. The first kappa shape index (κ1) is 15.3.